The summed E-state index contributed by atoms with van der Waals surface area (Å²) < 4.78 is 0. The van der Waals surface area contributed by atoms with Crippen LogP contribution in [-0.4, -0.2) is 22.2 Å². The average molecular weight is 112 g/mol. The summed E-state index contributed by atoms with van der Waals surface area (Å²) in [6.07, 6.45) is 1.69. The Morgan fingerprint density at radius 1 is 1.75 bits per heavy atom. The zero-order chi connectivity index (χ0) is 5.98. The average Bonchev–Trinajstić information content (AvgIpc) is 2.14. The van der Waals surface area contributed by atoms with Crippen molar-refractivity contribution in [2.75, 3.05) is 12.5 Å². The fourth-order valence-electron chi connectivity index (χ4n) is 0.447. The van der Waals surface area contributed by atoms with Crippen LogP contribution in [0.1, 0.15) is 5.69 Å². The molecule has 8 heavy (non-hydrogen) atoms. The summed E-state index contributed by atoms with van der Waals surface area (Å²) in [5.74, 6) is 0. The van der Waals surface area contributed by atoms with Crippen LogP contribution in [0.2, 0.25) is 0 Å². The van der Waals surface area contributed by atoms with Crippen LogP contribution >= 0.6 is 0 Å². The van der Waals surface area contributed by atoms with Crippen LogP contribution in [-0.2, 0) is 0 Å². The van der Waals surface area contributed by atoms with Crippen LogP contribution in [0.3, 0.4) is 0 Å². The molecule has 1 aromatic heterocycles. The Labute approximate surface area is 47.5 Å². The highest BCUT2D eigenvalue weighted by Gasteiger charge is 1.87. The molecule has 0 amide bonds. The van der Waals surface area contributed by atoms with Crippen molar-refractivity contribution in [3.63, 3.8) is 0 Å². The molecule has 0 aromatic carbocycles. The summed E-state index contributed by atoms with van der Waals surface area (Å²) in [5.41, 5.74) is 3.66. The Morgan fingerprint density at radius 3 is 2.75 bits per heavy atom. The number of rotatable bonds is 1. The predicted molar refractivity (Wildman–Crippen MR) is 30.0 cm³/mol. The van der Waals surface area contributed by atoms with Gasteiger partial charge < -0.3 is 0 Å². The molecule has 0 atom stereocenters. The number of aromatic nitrogens is 3. The summed E-state index contributed by atoms with van der Waals surface area (Å²) >= 11 is 0. The van der Waals surface area contributed by atoms with Crippen molar-refractivity contribution in [1.82, 2.24) is 15.1 Å². The zero-order valence-electron chi connectivity index (χ0n) is 4.92. The van der Waals surface area contributed by atoms with Crippen molar-refractivity contribution in [2.24, 2.45) is 0 Å². The Balaban J connectivity index is 2.84. The molecule has 0 fully saturated rings. The Morgan fingerprint density at radius 2 is 2.50 bits per heavy atom. The van der Waals surface area contributed by atoms with Gasteiger partial charge in [0.1, 0.15) is 0 Å². The van der Waals surface area contributed by atoms with Gasteiger partial charge in [-0.3, -0.25) is 5.43 Å². The Kier molecular flexibility index (Phi) is 1.15. The van der Waals surface area contributed by atoms with E-state index in [0.717, 1.165) is 5.69 Å². The van der Waals surface area contributed by atoms with Crippen molar-refractivity contribution >= 4 is 0 Å². The van der Waals surface area contributed by atoms with Crippen LogP contribution in [0.5, 0.6) is 0 Å². The van der Waals surface area contributed by atoms with Gasteiger partial charge in [0.25, 0.3) is 0 Å². The molecule has 1 aromatic rings. The lowest BCUT2D eigenvalue weighted by Crippen LogP contribution is -2.11. The van der Waals surface area contributed by atoms with E-state index >= 15 is 0 Å². The maximum absolute atomic E-state index is 3.92. The lowest BCUT2D eigenvalue weighted by molar-refractivity contribution is 0.665. The van der Waals surface area contributed by atoms with Gasteiger partial charge in [0.2, 0.25) is 0 Å². The minimum Gasteiger partial charge on any atom is -0.296 e. The second-order valence-corrected chi connectivity index (χ2v) is 1.50. The van der Waals surface area contributed by atoms with Crippen molar-refractivity contribution in [3.8, 4) is 0 Å². The van der Waals surface area contributed by atoms with Gasteiger partial charge in [-0.25, -0.2) is 0 Å². The molecule has 4 heteroatoms. The predicted octanol–water partition coefficient (Wildman–Crippen LogP) is -0.240. The molecule has 0 bridgehead atoms. The van der Waals surface area contributed by atoms with Gasteiger partial charge in [-0.15, -0.1) is 10.2 Å². The van der Waals surface area contributed by atoms with Gasteiger partial charge in [-0.05, 0) is 6.92 Å². The smallest absolute Gasteiger partial charge is 0.0818 e. The van der Waals surface area contributed by atoms with Crippen molar-refractivity contribution < 1.29 is 0 Å². The maximum atomic E-state index is 3.92. The molecule has 0 saturated heterocycles. The number of nitrogens with one attached hydrogen (secondary N) is 1. The molecule has 0 aliphatic carbocycles. The van der Waals surface area contributed by atoms with Gasteiger partial charge in [-0.1, -0.05) is 4.91 Å². The fourth-order valence-corrected chi connectivity index (χ4v) is 0.447. The third kappa shape index (κ3) is 0.776. The quantitative estimate of drug-likeness (QED) is 0.545. The van der Waals surface area contributed by atoms with Gasteiger partial charge in [-0.2, -0.15) is 0 Å². The summed E-state index contributed by atoms with van der Waals surface area (Å²) in [6.45, 7) is 1.89. The third-order valence-corrected chi connectivity index (χ3v) is 0.806. The summed E-state index contributed by atoms with van der Waals surface area (Å²) in [4.78, 5) is 1.41. The van der Waals surface area contributed by atoms with Crippen LogP contribution in [0.4, 0.5) is 0 Å². The number of nitrogens with zero attached hydrogens (tertiary/aromatic N) is 3. The van der Waals surface area contributed by atoms with Gasteiger partial charge >= 0.3 is 0 Å². The minimum absolute atomic E-state index is 0.916. The van der Waals surface area contributed by atoms with Crippen LogP contribution in [0.15, 0.2) is 6.20 Å². The third-order valence-electron chi connectivity index (χ3n) is 0.806. The summed E-state index contributed by atoms with van der Waals surface area (Å²) in [5, 5.41) is 7.75. The molecule has 0 saturated carbocycles. The Bertz CT molecular complexity index is 168. The van der Waals surface area contributed by atoms with Crippen molar-refractivity contribution in [1.29, 1.82) is 0 Å². The lowest BCUT2D eigenvalue weighted by atomic mass is 10.6. The molecule has 1 rings (SSSR count). The van der Waals surface area contributed by atoms with Gasteiger partial charge in [0, 0.05) is 7.05 Å². The minimum atomic E-state index is 0.916. The molecule has 0 aliphatic heterocycles. The first-order valence-electron chi connectivity index (χ1n) is 2.39. The fraction of sp³-hybridized carbons (Fsp3) is 0.500. The van der Waals surface area contributed by atoms with E-state index in [1.54, 1.807) is 13.2 Å². The van der Waals surface area contributed by atoms with E-state index in [-0.39, 0.29) is 0 Å². The Hall–Kier alpha value is -1.06. The molecule has 0 unspecified atom stereocenters. The molecule has 4 nitrogen and oxygen atoms in total. The SMILES string of the molecule is CNn1ncc(C)n1. The van der Waals surface area contributed by atoms with E-state index < -0.39 is 0 Å². The second-order valence-electron chi connectivity index (χ2n) is 1.50. The molecule has 44 valence electrons. The van der Waals surface area contributed by atoms with Crippen LogP contribution < -0.4 is 5.43 Å². The molecular weight excluding hydrogens is 104 g/mol. The summed E-state index contributed by atoms with van der Waals surface area (Å²) in [7, 11) is 1.76. The first-order valence-corrected chi connectivity index (χ1v) is 2.39. The normalized spacial score (nSPS) is 9.25. The topological polar surface area (TPSA) is 42.7 Å². The highest BCUT2D eigenvalue weighted by Crippen LogP contribution is 1.81. The van der Waals surface area contributed by atoms with Gasteiger partial charge in [0.05, 0.1) is 11.9 Å². The van der Waals surface area contributed by atoms with Crippen molar-refractivity contribution in [2.45, 2.75) is 6.92 Å². The summed E-state index contributed by atoms with van der Waals surface area (Å²) in [6, 6.07) is 0. The first kappa shape index (κ1) is 5.08. The largest absolute Gasteiger partial charge is 0.296 e. The molecule has 0 aliphatic rings. The monoisotopic (exact) mass is 112 g/mol. The highest BCUT2D eigenvalue weighted by atomic mass is 15.7. The van der Waals surface area contributed by atoms with E-state index in [9.17, 15) is 0 Å². The second kappa shape index (κ2) is 1.81. The van der Waals surface area contributed by atoms with Crippen LogP contribution in [0, 0.1) is 6.92 Å². The number of hydrogen-bond donors (Lipinski definition) is 1. The molecular formula is C4H8N4. The van der Waals surface area contributed by atoms with Gasteiger partial charge in [0.15, 0.2) is 0 Å². The number of aryl methyl sites for hydroxylation is 1. The van der Waals surface area contributed by atoms with E-state index in [0.29, 0.717) is 0 Å². The molecule has 0 radical (unpaired) electrons. The highest BCUT2D eigenvalue weighted by molar-refractivity contribution is 4.85. The van der Waals surface area contributed by atoms with E-state index in [4.69, 9.17) is 0 Å². The van der Waals surface area contributed by atoms with Crippen molar-refractivity contribution in [3.05, 3.63) is 11.9 Å². The van der Waals surface area contributed by atoms with E-state index in [1.807, 2.05) is 6.92 Å². The first-order chi connectivity index (χ1) is 3.83. The number of hydrogen-bond acceptors (Lipinski definition) is 3. The maximum Gasteiger partial charge on any atom is 0.0818 e. The standard InChI is InChI=1S/C4H8N4/c1-4-3-6-8(5-2)7-4/h3,5H,1-2H3. The molecule has 1 N–H and O–H groups in total. The van der Waals surface area contributed by atoms with E-state index in [1.165, 1.54) is 4.91 Å². The molecule has 0 spiro atoms. The lowest BCUT2D eigenvalue weighted by Gasteiger charge is -1.90. The van der Waals surface area contributed by atoms with Crippen LogP contribution in [0.25, 0.3) is 0 Å². The van der Waals surface area contributed by atoms with E-state index in [2.05, 4.69) is 15.6 Å². The zero-order valence-corrected chi connectivity index (χ0v) is 4.92. The molecule has 1 heterocycles.